The smallest absolute Gasteiger partial charge is 0.273 e. The molecular weight excluding hydrogens is 550 g/mol. The lowest BCUT2D eigenvalue weighted by molar-refractivity contribution is 0.0743. The molecular formula is C26H21ClF2N6O3S. The van der Waals surface area contributed by atoms with Crippen LogP contribution in [0.25, 0.3) is 11.1 Å². The van der Waals surface area contributed by atoms with Gasteiger partial charge in [0.25, 0.3) is 18.2 Å². The van der Waals surface area contributed by atoms with Gasteiger partial charge in [0.1, 0.15) is 16.6 Å². The number of carbonyl (C=O) groups is 2. The lowest BCUT2D eigenvalue weighted by Crippen LogP contribution is -2.26. The fourth-order valence-electron chi connectivity index (χ4n) is 4.24. The van der Waals surface area contributed by atoms with Crippen molar-refractivity contribution in [3.8, 4) is 16.9 Å². The third kappa shape index (κ3) is 5.30. The number of anilines is 1. The number of rotatable bonds is 6. The first-order valence-electron chi connectivity index (χ1n) is 11.7. The van der Waals surface area contributed by atoms with Crippen molar-refractivity contribution in [2.45, 2.75) is 33.4 Å². The Bertz CT molecular complexity index is 1590. The molecule has 39 heavy (non-hydrogen) atoms. The summed E-state index contributed by atoms with van der Waals surface area (Å²) in [6, 6.07) is 5.91. The van der Waals surface area contributed by atoms with Gasteiger partial charge in [0, 0.05) is 34.3 Å². The van der Waals surface area contributed by atoms with Crippen molar-refractivity contribution >= 4 is 39.9 Å². The number of nitrogens with one attached hydrogen (secondary N) is 1. The third-order valence-electron chi connectivity index (χ3n) is 6.17. The molecule has 2 amide bonds. The number of methoxy groups -OCH3 is 1. The van der Waals surface area contributed by atoms with E-state index in [1.807, 2.05) is 6.92 Å². The zero-order valence-electron chi connectivity index (χ0n) is 21.0. The first-order chi connectivity index (χ1) is 18.6. The average molecular weight is 571 g/mol. The van der Waals surface area contributed by atoms with E-state index in [4.69, 9.17) is 16.3 Å². The van der Waals surface area contributed by atoms with Gasteiger partial charge in [0.05, 0.1) is 42.5 Å². The van der Waals surface area contributed by atoms with Crippen LogP contribution in [0.5, 0.6) is 5.75 Å². The average Bonchev–Trinajstić information content (AvgIpc) is 3.46. The number of halogens is 3. The normalized spacial score (nSPS) is 12.5. The van der Waals surface area contributed by atoms with E-state index < -0.39 is 12.3 Å². The van der Waals surface area contributed by atoms with E-state index >= 15 is 0 Å². The van der Waals surface area contributed by atoms with Crippen LogP contribution in [0.2, 0.25) is 5.15 Å². The highest BCUT2D eigenvalue weighted by molar-refractivity contribution is 7.16. The number of fused-ring (bicyclic) bond motifs is 1. The molecule has 9 nitrogen and oxygen atoms in total. The quantitative estimate of drug-likeness (QED) is 0.300. The van der Waals surface area contributed by atoms with Crippen LogP contribution in [0, 0.1) is 13.8 Å². The zero-order chi connectivity index (χ0) is 27.8. The van der Waals surface area contributed by atoms with Crippen molar-refractivity contribution in [3.63, 3.8) is 0 Å². The molecule has 5 heterocycles. The summed E-state index contributed by atoms with van der Waals surface area (Å²) >= 11 is 7.37. The number of amides is 2. The monoisotopic (exact) mass is 570 g/mol. The van der Waals surface area contributed by atoms with Gasteiger partial charge in [-0.15, -0.1) is 0 Å². The van der Waals surface area contributed by atoms with Crippen LogP contribution in [-0.2, 0) is 13.1 Å². The number of aromatic nitrogens is 4. The van der Waals surface area contributed by atoms with Gasteiger partial charge >= 0.3 is 0 Å². The predicted octanol–water partition coefficient (Wildman–Crippen LogP) is 5.62. The molecule has 0 spiro atoms. The zero-order valence-corrected chi connectivity index (χ0v) is 22.5. The van der Waals surface area contributed by atoms with Crippen LogP contribution in [0.3, 0.4) is 0 Å². The van der Waals surface area contributed by atoms with Crippen LogP contribution < -0.4 is 10.1 Å². The second kappa shape index (κ2) is 10.6. The predicted molar refractivity (Wildman–Crippen MR) is 141 cm³/mol. The molecule has 0 radical (unpaired) electrons. The first kappa shape index (κ1) is 26.6. The molecule has 5 rings (SSSR count). The number of aryl methyl sites for hydroxylation is 2. The molecule has 1 N–H and O–H groups in total. The summed E-state index contributed by atoms with van der Waals surface area (Å²) in [5.74, 6) is -0.354. The summed E-state index contributed by atoms with van der Waals surface area (Å²) in [6.45, 7) is 3.73. The number of hydrogen-bond acceptors (Lipinski definition) is 8. The Kier molecular flexibility index (Phi) is 7.23. The maximum absolute atomic E-state index is 13.3. The second-order valence-electron chi connectivity index (χ2n) is 8.75. The maximum atomic E-state index is 13.3. The summed E-state index contributed by atoms with van der Waals surface area (Å²) in [5.41, 5.74) is 2.80. The molecule has 0 atom stereocenters. The van der Waals surface area contributed by atoms with Crippen molar-refractivity contribution in [3.05, 3.63) is 80.6 Å². The summed E-state index contributed by atoms with van der Waals surface area (Å²) in [4.78, 5) is 45.4. The van der Waals surface area contributed by atoms with Gasteiger partial charge in [-0.25, -0.2) is 23.7 Å². The van der Waals surface area contributed by atoms with Crippen LogP contribution >= 0.6 is 22.9 Å². The molecule has 1 aliphatic rings. The van der Waals surface area contributed by atoms with Gasteiger partial charge in [-0.05, 0) is 38.1 Å². The Hall–Kier alpha value is -4.03. The summed E-state index contributed by atoms with van der Waals surface area (Å²) in [7, 11) is 1.50. The minimum atomic E-state index is -2.66. The molecule has 200 valence electrons. The van der Waals surface area contributed by atoms with Crippen molar-refractivity contribution in [1.29, 1.82) is 0 Å². The second-order valence-corrected chi connectivity index (χ2v) is 10.2. The Morgan fingerprint density at radius 2 is 1.90 bits per heavy atom. The van der Waals surface area contributed by atoms with Gasteiger partial charge in [-0.2, -0.15) is 0 Å². The van der Waals surface area contributed by atoms with Crippen LogP contribution in [0.1, 0.15) is 54.8 Å². The standard InChI is InChI=1S/C26H21ClF2N6O3S/c1-12-6-15(16-7-22(27)31-9-20(16)38-3)17(8-30-12)24(36)34-26-33-19-10-35(11-21(19)39-26)25(37)18-5-4-14(23(28)29)13(2)32-18/h4-9,23H,10-11H2,1-3H3,(H,33,34,36). The van der Waals surface area contributed by atoms with E-state index in [2.05, 4.69) is 25.3 Å². The number of ether oxygens (including phenoxy) is 1. The highest BCUT2D eigenvalue weighted by atomic mass is 35.5. The van der Waals surface area contributed by atoms with Crippen LogP contribution in [-0.4, -0.2) is 43.8 Å². The molecule has 4 aromatic rings. The molecule has 0 fully saturated rings. The van der Waals surface area contributed by atoms with Crippen molar-refractivity contribution in [2.24, 2.45) is 0 Å². The maximum Gasteiger partial charge on any atom is 0.273 e. The van der Waals surface area contributed by atoms with E-state index in [9.17, 15) is 18.4 Å². The Morgan fingerprint density at radius 3 is 2.59 bits per heavy atom. The Labute approximate surface area is 230 Å². The minimum Gasteiger partial charge on any atom is -0.494 e. The summed E-state index contributed by atoms with van der Waals surface area (Å²) in [5, 5.41) is 3.44. The molecule has 0 aromatic carbocycles. The largest absolute Gasteiger partial charge is 0.494 e. The van der Waals surface area contributed by atoms with E-state index in [0.717, 1.165) is 4.88 Å². The minimum absolute atomic E-state index is 0.0895. The molecule has 0 aliphatic carbocycles. The number of alkyl halides is 2. The van der Waals surface area contributed by atoms with E-state index in [1.165, 1.54) is 54.8 Å². The third-order valence-corrected chi connectivity index (χ3v) is 7.38. The SMILES string of the molecule is COc1cnc(Cl)cc1-c1cc(C)ncc1C(=O)Nc1nc2c(s1)CN(C(=O)c1ccc(C(F)F)c(C)n1)C2. The highest BCUT2D eigenvalue weighted by Crippen LogP contribution is 2.35. The fraction of sp³-hybridized carbons (Fsp3) is 0.231. The molecule has 0 bridgehead atoms. The topological polar surface area (TPSA) is 110 Å². The van der Waals surface area contributed by atoms with E-state index in [1.54, 1.807) is 12.1 Å². The van der Waals surface area contributed by atoms with Gasteiger partial charge in [-0.1, -0.05) is 22.9 Å². The van der Waals surface area contributed by atoms with Gasteiger partial charge in [0.15, 0.2) is 5.13 Å². The highest BCUT2D eigenvalue weighted by Gasteiger charge is 2.30. The Balaban J connectivity index is 1.33. The molecule has 4 aromatic heterocycles. The van der Waals surface area contributed by atoms with Crippen molar-refractivity contribution < 1.29 is 23.1 Å². The molecule has 0 unspecified atom stereocenters. The summed E-state index contributed by atoms with van der Waals surface area (Å²) in [6.07, 6.45) is 0.302. The molecule has 0 saturated carbocycles. The lowest BCUT2D eigenvalue weighted by Gasteiger charge is -2.16. The molecule has 1 aliphatic heterocycles. The van der Waals surface area contributed by atoms with E-state index in [-0.39, 0.29) is 41.1 Å². The van der Waals surface area contributed by atoms with Crippen LogP contribution in [0.4, 0.5) is 13.9 Å². The van der Waals surface area contributed by atoms with Crippen molar-refractivity contribution in [2.75, 3.05) is 12.4 Å². The Morgan fingerprint density at radius 1 is 1.10 bits per heavy atom. The lowest BCUT2D eigenvalue weighted by atomic mass is 10.0. The number of pyridine rings is 3. The van der Waals surface area contributed by atoms with Crippen LogP contribution in [0.15, 0.2) is 36.7 Å². The van der Waals surface area contributed by atoms with Gasteiger partial charge in [-0.3, -0.25) is 19.9 Å². The van der Waals surface area contributed by atoms with Gasteiger partial charge < -0.3 is 9.64 Å². The fourth-order valence-corrected chi connectivity index (χ4v) is 5.38. The first-order valence-corrected chi connectivity index (χ1v) is 12.9. The number of hydrogen-bond donors (Lipinski definition) is 1. The number of nitrogens with zero attached hydrogens (tertiary/aromatic N) is 5. The molecule has 0 saturated heterocycles. The number of thiazole rings is 1. The van der Waals surface area contributed by atoms with Crippen molar-refractivity contribution in [1.82, 2.24) is 24.8 Å². The summed E-state index contributed by atoms with van der Waals surface area (Å²) < 4.78 is 31.5. The number of carbonyl (C=O) groups excluding carboxylic acids is 2. The molecule has 13 heteroatoms. The van der Waals surface area contributed by atoms with E-state index in [0.29, 0.717) is 39.0 Å². The van der Waals surface area contributed by atoms with Gasteiger partial charge in [0.2, 0.25) is 0 Å².